The smallest absolute Gasteiger partial charge is 0.337 e. The number of carbonyl (C=O) groups excluding carboxylic acids is 2. The maximum atomic E-state index is 12.7. The summed E-state index contributed by atoms with van der Waals surface area (Å²) >= 11 is 2.14. The van der Waals surface area contributed by atoms with E-state index in [1.54, 1.807) is 25.3 Å². The first-order valence-electron chi connectivity index (χ1n) is 10.9. The number of hydrogen-bond donors (Lipinski definition) is 1. The summed E-state index contributed by atoms with van der Waals surface area (Å²) in [6.07, 6.45) is 1.48. The van der Waals surface area contributed by atoms with E-state index in [4.69, 9.17) is 9.47 Å². The molecule has 0 bridgehead atoms. The molecule has 0 aliphatic heterocycles. The second-order valence-electron chi connectivity index (χ2n) is 8.01. The van der Waals surface area contributed by atoms with Gasteiger partial charge in [0, 0.05) is 5.69 Å². The normalized spacial score (nSPS) is 10.8. The number of amides is 1. The van der Waals surface area contributed by atoms with Crippen LogP contribution in [0.4, 0.5) is 5.69 Å². The fourth-order valence-corrected chi connectivity index (χ4v) is 4.37. The Morgan fingerprint density at radius 1 is 1.03 bits per heavy atom. The topological polar surface area (TPSA) is 97.7 Å². The molecule has 0 spiro atoms. The van der Waals surface area contributed by atoms with E-state index in [1.807, 2.05) is 26.0 Å². The van der Waals surface area contributed by atoms with Crippen molar-refractivity contribution in [2.45, 2.75) is 20.5 Å². The summed E-state index contributed by atoms with van der Waals surface area (Å²) in [5.74, 6) is 0.0274. The summed E-state index contributed by atoms with van der Waals surface area (Å²) in [6, 6.07) is 17.9. The summed E-state index contributed by atoms with van der Waals surface area (Å²) in [5.41, 5.74) is 4.70. The molecule has 0 aliphatic carbocycles. The Morgan fingerprint density at radius 3 is 2.28 bits per heavy atom. The van der Waals surface area contributed by atoms with Gasteiger partial charge in [0.2, 0.25) is 0 Å². The molecule has 3 aromatic rings. The Hall–Kier alpha value is -3.84. The number of anilines is 1. The number of aryl methyl sites for hydroxylation is 2. The van der Waals surface area contributed by atoms with Gasteiger partial charge in [-0.25, -0.2) is 4.79 Å². The fraction of sp³-hybridized carbons (Fsp3) is 0.179. The third-order valence-corrected chi connectivity index (χ3v) is 5.96. The highest BCUT2D eigenvalue weighted by Gasteiger charge is 2.15. The van der Waals surface area contributed by atoms with Crippen molar-refractivity contribution in [1.82, 2.24) is 0 Å². The number of nitrogens with one attached hydrogen (secondary N) is 1. The molecule has 36 heavy (non-hydrogen) atoms. The third-order valence-electron chi connectivity index (χ3n) is 5.16. The van der Waals surface area contributed by atoms with Crippen LogP contribution in [-0.2, 0) is 16.1 Å². The highest BCUT2D eigenvalue weighted by molar-refractivity contribution is 14.1. The van der Waals surface area contributed by atoms with Gasteiger partial charge >= 0.3 is 5.97 Å². The lowest BCUT2D eigenvalue weighted by Crippen LogP contribution is -2.13. The maximum Gasteiger partial charge on any atom is 0.337 e. The Morgan fingerprint density at radius 2 is 1.69 bits per heavy atom. The number of esters is 1. The van der Waals surface area contributed by atoms with Crippen LogP contribution in [-0.4, -0.2) is 26.1 Å². The predicted molar refractivity (Wildman–Crippen MR) is 146 cm³/mol. The van der Waals surface area contributed by atoms with Gasteiger partial charge in [0.15, 0.2) is 11.5 Å². The Kier molecular flexibility index (Phi) is 9.08. The lowest BCUT2D eigenvalue weighted by molar-refractivity contribution is -0.112. The standard InChI is InChI=1S/C28H25IN2O5/c1-17-9-18(2)11-20(10-17)16-36-26-24(29)13-19(14-25(26)34-3)12-22(15-30)27(32)31-23-7-5-21(6-8-23)28(33)35-4/h5-14H,16H2,1-4H3,(H,31,32)/b22-12+. The van der Waals surface area contributed by atoms with Crippen molar-refractivity contribution in [3.8, 4) is 17.6 Å². The van der Waals surface area contributed by atoms with Gasteiger partial charge in [-0.3, -0.25) is 4.79 Å². The molecule has 3 aromatic carbocycles. The zero-order valence-corrected chi connectivity index (χ0v) is 22.5. The lowest BCUT2D eigenvalue weighted by Gasteiger charge is -2.14. The van der Waals surface area contributed by atoms with Gasteiger partial charge < -0.3 is 19.5 Å². The van der Waals surface area contributed by atoms with Gasteiger partial charge in [0.05, 0.1) is 23.4 Å². The third kappa shape index (κ3) is 6.86. The summed E-state index contributed by atoms with van der Waals surface area (Å²) in [5, 5.41) is 12.3. The molecule has 3 rings (SSSR count). The molecule has 0 aromatic heterocycles. The summed E-state index contributed by atoms with van der Waals surface area (Å²) in [7, 11) is 2.83. The lowest BCUT2D eigenvalue weighted by atomic mass is 10.1. The van der Waals surface area contributed by atoms with E-state index in [-0.39, 0.29) is 5.57 Å². The van der Waals surface area contributed by atoms with Crippen LogP contribution in [0.1, 0.15) is 32.6 Å². The number of ether oxygens (including phenoxy) is 3. The van der Waals surface area contributed by atoms with Gasteiger partial charge in [0.1, 0.15) is 18.2 Å². The van der Waals surface area contributed by atoms with Crippen molar-refractivity contribution in [2.24, 2.45) is 0 Å². The predicted octanol–water partition coefficient (Wildman–Crippen LogP) is 5.83. The van der Waals surface area contributed by atoms with Crippen LogP contribution in [0.2, 0.25) is 0 Å². The average molecular weight is 596 g/mol. The van der Waals surface area contributed by atoms with Gasteiger partial charge in [0.25, 0.3) is 5.91 Å². The molecule has 0 aliphatic rings. The first kappa shape index (κ1) is 26.8. The Bertz CT molecular complexity index is 1340. The molecule has 7 nitrogen and oxygen atoms in total. The maximum absolute atomic E-state index is 12.7. The highest BCUT2D eigenvalue weighted by atomic mass is 127. The molecule has 184 valence electrons. The van der Waals surface area contributed by atoms with Gasteiger partial charge in [-0.1, -0.05) is 29.3 Å². The number of hydrogen-bond acceptors (Lipinski definition) is 6. The number of methoxy groups -OCH3 is 2. The van der Waals surface area contributed by atoms with E-state index in [0.717, 1.165) is 20.3 Å². The Labute approximate surface area is 223 Å². The van der Waals surface area contributed by atoms with Gasteiger partial charge in [-0.2, -0.15) is 5.26 Å². The van der Waals surface area contributed by atoms with E-state index in [2.05, 4.69) is 50.8 Å². The van der Waals surface area contributed by atoms with Crippen LogP contribution < -0.4 is 14.8 Å². The summed E-state index contributed by atoms with van der Waals surface area (Å²) in [6.45, 7) is 4.47. The molecule has 0 unspecified atom stereocenters. The summed E-state index contributed by atoms with van der Waals surface area (Å²) in [4.78, 5) is 24.3. The number of benzene rings is 3. The van der Waals surface area contributed by atoms with Crippen molar-refractivity contribution < 1.29 is 23.8 Å². The Balaban J connectivity index is 1.79. The number of halogens is 1. The van der Waals surface area contributed by atoms with Crippen molar-refractivity contribution >= 4 is 46.2 Å². The SMILES string of the molecule is COC(=O)c1ccc(NC(=O)/C(C#N)=C/c2cc(I)c(OCc3cc(C)cc(C)c3)c(OC)c2)cc1. The molecule has 0 saturated heterocycles. The van der Waals surface area contributed by atoms with Crippen molar-refractivity contribution in [2.75, 3.05) is 19.5 Å². The van der Waals surface area contributed by atoms with Crippen LogP contribution >= 0.6 is 22.6 Å². The molecule has 8 heteroatoms. The number of nitrogens with zero attached hydrogens (tertiary/aromatic N) is 1. The van der Waals surface area contributed by atoms with E-state index in [0.29, 0.717) is 34.9 Å². The van der Waals surface area contributed by atoms with Crippen molar-refractivity contribution in [3.05, 3.63) is 91.6 Å². The van der Waals surface area contributed by atoms with E-state index in [9.17, 15) is 14.9 Å². The van der Waals surface area contributed by atoms with Crippen LogP contribution in [0.3, 0.4) is 0 Å². The minimum atomic E-state index is -0.576. The quantitative estimate of drug-likeness (QED) is 0.152. The number of rotatable bonds is 8. The van der Waals surface area contributed by atoms with E-state index < -0.39 is 11.9 Å². The number of carbonyl (C=O) groups is 2. The van der Waals surface area contributed by atoms with Crippen LogP contribution in [0, 0.1) is 28.7 Å². The molecule has 0 radical (unpaired) electrons. The molecule has 0 heterocycles. The monoisotopic (exact) mass is 596 g/mol. The fourth-order valence-electron chi connectivity index (χ4n) is 3.59. The number of nitriles is 1. The molecule has 1 amide bonds. The highest BCUT2D eigenvalue weighted by Crippen LogP contribution is 2.35. The first-order chi connectivity index (χ1) is 17.2. The first-order valence-corrected chi connectivity index (χ1v) is 12.0. The zero-order chi connectivity index (χ0) is 26.2. The molecule has 1 N–H and O–H groups in total. The van der Waals surface area contributed by atoms with Crippen LogP contribution in [0.5, 0.6) is 11.5 Å². The minimum absolute atomic E-state index is 0.0891. The molecule has 0 saturated carbocycles. The minimum Gasteiger partial charge on any atom is -0.493 e. The van der Waals surface area contributed by atoms with Crippen LogP contribution in [0.15, 0.2) is 60.2 Å². The zero-order valence-electron chi connectivity index (χ0n) is 20.3. The average Bonchev–Trinajstić information content (AvgIpc) is 2.85. The van der Waals surface area contributed by atoms with E-state index in [1.165, 1.54) is 25.3 Å². The molecule has 0 fully saturated rings. The largest absolute Gasteiger partial charge is 0.493 e. The van der Waals surface area contributed by atoms with Crippen molar-refractivity contribution in [3.63, 3.8) is 0 Å². The molecular formula is C28H25IN2O5. The summed E-state index contributed by atoms with van der Waals surface area (Å²) < 4.78 is 17.0. The van der Waals surface area contributed by atoms with Crippen LogP contribution in [0.25, 0.3) is 6.08 Å². The second-order valence-corrected chi connectivity index (χ2v) is 9.17. The van der Waals surface area contributed by atoms with Gasteiger partial charge in [-0.05, 0) is 90.0 Å². The van der Waals surface area contributed by atoms with Gasteiger partial charge in [-0.15, -0.1) is 0 Å². The molecule has 0 atom stereocenters. The van der Waals surface area contributed by atoms with Crippen molar-refractivity contribution in [1.29, 1.82) is 5.26 Å². The second kappa shape index (κ2) is 12.2. The van der Waals surface area contributed by atoms with E-state index >= 15 is 0 Å². The molecular weight excluding hydrogens is 571 g/mol.